The first-order valence-electron chi connectivity index (χ1n) is 10.7. The number of hydrogen-bond donors (Lipinski definition) is 0. The number of amides is 1. The van der Waals surface area contributed by atoms with Gasteiger partial charge >= 0.3 is 0 Å². The van der Waals surface area contributed by atoms with Crippen molar-refractivity contribution in [3.63, 3.8) is 0 Å². The molecule has 0 spiro atoms. The standard InChI is InChI=1S/C23H25N5O3/c29-23(20-6-5-17-3-1-2-4-19(17)26-20)28-11-7-18(8-12-28)31-22-21(24-9-10-25-22)27-13-15-30-16-14-27/h1-6,9-10,18H,7-8,11-16H2. The van der Waals surface area contributed by atoms with Crippen LogP contribution in [-0.2, 0) is 4.74 Å². The van der Waals surface area contributed by atoms with Crippen LogP contribution in [0.5, 0.6) is 5.88 Å². The van der Waals surface area contributed by atoms with Gasteiger partial charge in [-0.1, -0.05) is 24.3 Å². The molecule has 2 aliphatic heterocycles. The Morgan fingerprint density at radius 1 is 0.968 bits per heavy atom. The summed E-state index contributed by atoms with van der Waals surface area (Å²) in [5, 5.41) is 1.03. The monoisotopic (exact) mass is 419 g/mol. The number of likely N-dealkylation sites (tertiary alicyclic amines) is 1. The maximum absolute atomic E-state index is 13.0. The number of anilines is 1. The van der Waals surface area contributed by atoms with Gasteiger partial charge in [-0.15, -0.1) is 0 Å². The molecule has 31 heavy (non-hydrogen) atoms. The van der Waals surface area contributed by atoms with Crippen LogP contribution in [0.1, 0.15) is 23.3 Å². The topological polar surface area (TPSA) is 80.7 Å². The zero-order chi connectivity index (χ0) is 21.0. The summed E-state index contributed by atoms with van der Waals surface area (Å²) in [7, 11) is 0. The van der Waals surface area contributed by atoms with E-state index >= 15 is 0 Å². The molecule has 2 aliphatic rings. The molecule has 0 atom stereocenters. The number of aromatic nitrogens is 3. The smallest absolute Gasteiger partial charge is 0.272 e. The number of para-hydroxylation sites is 1. The van der Waals surface area contributed by atoms with Gasteiger partial charge in [0.2, 0.25) is 0 Å². The number of rotatable bonds is 4. The van der Waals surface area contributed by atoms with Crippen LogP contribution >= 0.6 is 0 Å². The lowest BCUT2D eigenvalue weighted by Crippen LogP contribution is -2.42. The third kappa shape index (κ3) is 4.29. The Kier molecular flexibility index (Phi) is 5.62. The first-order valence-corrected chi connectivity index (χ1v) is 10.7. The molecule has 2 fully saturated rings. The lowest BCUT2D eigenvalue weighted by Gasteiger charge is -2.33. The number of fused-ring (bicyclic) bond motifs is 1. The summed E-state index contributed by atoms with van der Waals surface area (Å²) in [5.41, 5.74) is 1.33. The van der Waals surface area contributed by atoms with E-state index in [4.69, 9.17) is 9.47 Å². The van der Waals surface area contributed by atoms with E-state index in [1.807, 2.05) is 35.2 Å². The van der Waals surface area contributed by atoms with Crippen molar-refractivity contribution in [2.75, 3.05) is 44.3 Å². The van der Waals surface area contributed by atoms with Gasteiger partial charge in [0.1, 0.15) is 11.8 Å². The van der Waals surface area contributed by atoms with Crippen molar-refractivity contribution >= 4 is 22.6 Å². The Balaban J connectivity index is 1.22. The van der Waals surface area contributed by atoms with Gasteiger partial charge in [-0.3, -0.25) is 4.79 Å². The van der Waals surface area contributed by atoms with Crippen molar-refractivity contribution in [1.29, 1.82) is 0 Å². The van der Waals surface area contributed by atoms with Crippen LogP contribution in [0.3, 0.4) is 0 Å². The van der Waals surface area contributed by atoms with E-state index in [1.165, 1.54) is 0 Å². The summed E-state index contributed by atoms with van der Waals surface area (Å²) in [4.78, 5) is 30.4. The lowest BCUT2D eigenvalue weighted by molar-refractivity contribution is 0.0582. The molecule has 160 valence electrons. The highest BCUT2D eigenvalue weighted by Crippen LogP contribution is 2.27. The van der Waals surface area contributed by atoms with Gasteiger partial charge in [-0.25, -0.2) is 15.0 Å². The molecular weight excluding hydrogens is 394 g/mol. The van der Waals surface area contributed by atoms with Gasteiger partial charge in [0.25, 0.3) is 11.8 Å². The molecule has 3 aromatic rings. The second kappa shape index (κ2) is 8.85. The zero-order valence-electron chi connectivity index (χ0n) is 17.3. The van der Waals surface area contributed by atoms with E-state index in [9.17, 15) is 4.79 Å². The fraction of sp³-hybridized carbons (Fsp3) is 0.391. The highest BCUT2D eigenvalue weighted by molar-refractivity contribution is 5.95. The molecule has 5 rings (SSSR count). The van der Waals surface area contributed by atoms with Crippen molar-refractivity contribution in [2.45, 2.75) is 18.9 Å². The first kappa shape index (κ1) is 19.7. The quantitative estimate of drug-likeness (QED) is 0.643. The molecule has 0 N–H and O–H groups in total. The third-order valence-electron chi connectivity index (χ3n) is 5.78. The number of benzene rings is 1. The number of pyridine rings is 1. The van der Waals surface area contributed by atoms with Crippen molar-refractivity contribution in [2.24, 2.45) is 0 Å². The molecule has 2 saturated heterocycles. The Morgan fingerprint density at radius 2 is 1.74 bits per heavy atom. The predicted molar refractivity (Wildman–Crippen MR) is 116 cm³/mol. The molecule has 0 unspecified atom stereocenters. The van der Waals surface area contributed by atoms with Gasteiger partial charge in [-0.05, 0) is 12.1 Å². The molecule has 8 nitrogen and oxygen atoms in total. The molecule has 0 aliphatic carbocycles. The maximum Gasteiger partial charge on any atom is 0.272 e. The summed E-state index contributed by atoms with van der Waals surface area (Å²) >= 11 is 0. The van der Waals surface area contributed by atoms with Crippen LogP contribution < -0.4 is 9.64 Å². The minimum Gasteiger partial charge on any atom is -0.472 e. The fourth-order valence-corrected chi connectivity index (χ4v) is 4.07. The van der Waals surface area contributed by atoms with Crippen LogP contribution in [0.4, 0.5) is 5.82 Å². The van der Waals surface area contributed by atoms with E-state index in [2.05, 4.69) is 19.9 Å². The van der Waals surface area contributed by atoms with Gasteiger partial charge in [0.05, 0.1) is 18.7 Å². The maximum atomic E-state index is 13.0. The van der Waals surface area contributed by atoms with Gasteiger partial charge < -0.3 is 19.3 Å². The van der Waals surface area contributed by atoms with Crippen LogP contribution in [0.15, 0.2) is 48.8 Å². The highest BCUT2D eigenvalue weighted by atomic mass is 16.5. The van der Waals surface area contributed by atoms with Crippen molar-refractivity contribution in [3.8, 4) is 5.88 Å². The average molecular weight is 419 g/mol. The Labute approximate surface area is 180 Å². The summed E-state index contributed by atoms with van der Waals surface area (Å²) in [6.45, 7) is 4.18. The van der Waals surface area contributed by atoms with E-state index < -0.39 is 0 Å². The number of ether oxygens (including phenoxy) is 2. The van der Waals surface area contributed by atoms with Crippen LogP contribution in [0.2, 0.25) is 0 Å². The van der Waals surface area contributed by atoms with Gasteiger partial charge in [0.15, 0.2) is 5.82 Å². The molecule has 1 aromatic carbocycles. The Morgan fingerprint density at radius 3 is 2.58 bits per heavy atom. The Hall–Kier alpha value is -3.26. The molecule has 0 bridgehead atoms. The number of piperidine rings is 1. The summed E-state index contributed by atoms with van der Waals surface area (Å²) in [6, 6.07) is 11.6. The van der Waals surface area contributed by atoms with Crippen molar-refractivity contribution in [1.82, 2.24) is 19.9 Å². The summed E-state index contributed by atoms with van der Waals surface area (Å²) < 4.78 is 11.7. The minimum atomic E-state index is -0.0299. The van der Waals surface area contributed by atoms with Crippen molar-refractivity contribution < 1.29 is 14.3 Å². The minimum absolute atomic E-state index is 0.00473. The number of carbonyl (C=O) groups excluding carboxylic acids is 1. The molecule has 2 aromatic heterocycles. The van der Waals surface area contributed by atoms with Gasteiger partial charge in [0, 0.05) is 56.8 Å². The fourth-order valence-electron chi connectivity index (χ4n) is 4.07. The highest BCUT2D eigenvalue weighted by Gasteiger charge is 2.27. The lowest BCUT2D eigenvalue weighted by atomic mass is 10.1. The molecule has 0 saturated carbocycles. The summed E-state index contributed by atoms with van der Waals surface area (Å²) in [6.07, 6.45) is 4.85. The molecular formula is C23H25N5O3. The SMILES string of the molecule is O=C(c1ccc2ccccc2n1)N1CCC(Oc2nccnc2N2CCOCC2)CC1. The first-order chi connectivity index (χ1) is 15.3. The van der Waals surface area contributed by atoms with Crippen molar-refractivity contribution in [3.05, 3.63) is 54.5 Å². The van der Waals surface area contributed by atoms with E-state index in [0.29, 0.717) is 37.9 Å². The Bertz CT molecular complexity index is 1060. The van der Waals surface area contributed by atoms with E-state index in [1.54, 1.807) is 18.5 Å². The summed E-state index contributed by atoms with van der Waals surface area (Å²) in [5.74, 6) is 1.30. The molecule has 1 amide bonds. The molecule has 4 heterocycles. The number of nitrogens with zero attached hydrogens (tertiary/aromatic N) is 5. The average Bonchev–Trinajstić information content (AvgIpc) is 2.85. The van der Waals surface area contributed by atoms with Crippen LogP contribution in [0, 0.1) is 0 Å². The molecule has 0 radical (unpaired) electrons. The number of carbonyl (C=O) groups is 1. The zero-order valence-corrected chi connectivity index (χ0v) is 17.3. The predicted octanol–water partition coefficient (Wildman–Crippen LogP) is 2.55. The number of hydrogen-bond acceptors (Lipinski definition) is 7. The second-order valence-corrected chi connectivity index (χ2v) is 7.78. The molecule has 8 heteroatoms. The normalized spacial score (nSPS) is 17.7. The van der Waals surface area contributed by atoms with E-state index in [0.717, 1.165) is 42.7 Å². The third-order valence-corrected chi connectivity index (χ3v) is 5.78. The second-order valence-electron chi connectivity index (χ2n) is 7.78. The van der Waals surface area contributed by atoms with E-state index in [-0.39, 0.29) is 12.0 Å². The largest absolute Gasteiger partial charge is 0.472 e. The van der Waals surface area contributed by atoms with Crippen LogP contribution in [0.25, 0.3) is 10.9 Å². The van der Waals surface area contributed by atoms with Gasteiger partial charge in [-0.2, -0.15) is 0 Å². The van der Waals surface area contributed by atoms with Crippen LogP contribution in [-0.4, -0.2) is 71.3 Å². The number of morpholine rings is 1.